The molecule has 1 aromatic heterocycles. The summed E-state index contributed by atoms with van der Waals surface area (Å²) in [4.78, 5) is 3.72. The van der Waals surface area contributed by atoms with E-state index in [2.05, 4.69) is 49.6 Å². The van der Waals surface area contributed by atoms with Gasteiger partial charge in [0.05, 0.1) is 12.0 Å². The molecule has 1 rings (SSSR count). The molecule has 0 aliphatic rings. The summed E-state index contributed by atoms with van der Waals surface area (Å²) in [6, 6.07) is 0.620. The molecule has 0 fully saturated rings. The van der Waals surface area contributed by atoms with Crippen molar-refractivity contribution in [3.8, 4) is 0 Å². The SMILES string of the molecule is CCCCCCCCCCCCCC(CCCCCCCCCCCCC)c1[nH]cc[n+]1C(C)CCCCC. The summed E-state index contributed by atoms with van der Waals surface area (Å²) in [5.74, 6) is 2.24. The van der Waals surface area contributed by atoms with Gasteiger partial charge in [-0.1, -0.05) is 175 Å². The average molecular weight is 546 g/mol. The van der Waals surface area contributed by atoms with Gasteiger partial charge in [0.1, 0.15) is 12.4 Å². The van der Waals surface area contributed by atoms with Crippen molar-refractivity contribution in [1.29, 1.82) is 0 Å². The lowest BCUT2D eigenvalue weighted by Gasteiger charge is -2.17. The number of H-pyrrole nitrogens is 1. The Hall–Kier alpha value is -0.790. The molecule has 0 aliphatic carbocycles. The van der Waals surface area contributed by atoms with E-state index in [9.17, 15) is 0 Å². The summed E-state index contributed by atoms with van der Waals surface area (Å²) in [6.45, 7) is 9.38. The lowest BCUT2D eigenvalue weighted by Crippen LogP contribution is -2.41. The second kappa shape index (κ2) is 27.4. The molecular weight excluding hydrogens is 472 g/mol. The molecular formula is C37H73N2+. The first-order chi connectivity index (χ1) is 19.2. The predicted molar refractivity (Wildman–Crippen MR) is 175 cm³/mol. The summed E-state index contributed by atoms with van der Waals surface area (Å²) in [5, 5.41) is 0. The summed E-state index contributed by atoms with van der Waals surface area (Å²) < 4.78 is 2.61. The Bertz CT molecular complexity index is 580. The van der Waals surface area contributed by atoms with Gasteiger partial charge >= 0.3 is 0 Å². The predicted octanol–water partition coefficient (Wildman–Crippen LogP) is 12.9. The molecule has 1 unspecified atom stereocenters. The molecule has 0 saturated heterocycles. The van der Waals surface area contributed by atoms with Gasteiger partial charge in [-0.05, 0) is 32.6 Å². The molecule has 0 spiro atoms. The zero-order valence-corrected chi connectivity index (χ0v) is 27.6. The van der Waals surface area contributed by atoms with Gasteiger partial charge in [-0.3, -0.25) is 0 Å². The maximum atomic E-state index is 3.72. The first-order valence-corrected chi connectivity index (χ1v) is 18.3. The summed E-state index contributed by atoms with van der Waals surface area (Å²) >= 11 is 0. The highest BCUT2D eigenvalue weighted by atomic mass is 15.1. The normalized spacial score (nSPS) is 12.5. The monoisotopic (exact) mass is 546 g/mol. The second-order valence-corrected chi connectivity index (χ2v) is 12.9. The zero-order chi connectivity index (χ0) is 28.2. The van der Waals surface area contributed by atoms with Gasteiger partial charge in [-0.25, -0.2) is 9.55 Å². The van der Waals surface area contributed by atoms with Crippen molar-refractivity contribution < 1.29 is 4.57 Å². The smallest absolute Gasteiger partial charge is 0.247 e. The van der Waals surface area contributed by atoms with E-state index in [1.54, 1.807) is 0 Å². The molecule has 0 radical (unpaired) electrons. The summed E-state index contributed by atoms with van der Waals surface area (Å²) in [5.41, 5.74) is 0. The quantitative estimate of drug-likeness (QED) is 0.0732. The van der Waals surface area contributed by atoms with Gasteiger partial charge in [0.15, 0.2) is 0 Å². The Kier molecular flexibility index (Phi) is 25.4. The van der Waals surface area contributed by atoms with Crippen LogP contribution in [0.1, 0.15) is 225 Å². The van der Waals surface area contributed by atoms with Crippen LogP contribution >= 0.6 is 0 Å². The number of hydrogen-bond donors (Lipinski definition) is 1. The van der Waals surface area contributed by atoms with Crippen molar-refractivity contribution in [3.63, 3.8) is 0 Å². The number of unbranched alkanes of at least 4 members (excludes halogenated alkanes) is 22. The molecule has 39 heavy (non-hydrogen) atoms. The lowest BCUT2D eigenvalue weighted by atomic mass is 9.92. The van der Waals surface area contributed by atoms with E-state index in [1.165, 1.54) is 186 Å². The van der Waals surface area contributed by atoms with Crippen LogP contribution in [0.3, 0.4) is 0 Å². The Labute approximate surface area is 246 Å². The van der Waals surface area contributed by atoms with Crippen molar-refractivity contribution >= 4 is 0 Å². The standard InChI is InChI=1S/C37H72N2/c1-5-8-11-13-15-17-19-21-23-25-28-31-36(32-29-26-24-22-20-18-16-14-12-9-6-2)37-38-33-34-39(37)35(4)30-27-10-7-3/h33-36H,5-32H2,1-4H3/p+1. The van der Waals surface area contributed by atoms with E-state index >= 15 is 0 Å². The Morgan fingerprint density at radius 2 is 0.821 bits per heavy atom. The van der Waals surface area contributed by atoms with Crippen molar-refractivity contribution in [1.82, 2.24) is 4.98 Å². The molecule has 2 nitrogen and oxygen atoms in total. The molecule has 1 heterocycles. The largest absolute Gasteiger partial charge is 0.257 e. The highest BCUT2D eigenvalue weighted by molar-refractivity contribution is 4.90. The first-order valence-electron chi connectivity index (χ1n) is 18.3. The van der Waals surface area contributed by atoms with Crippen LogP contribution in [0.4, 0.5) is 0 Å². The van der Waals surface area contributed by atoms with E-state index in [1.807, 2.05) is 0 Å². The molecule has 2 heteroatoms. The number of rotatable bonds is 30. The number of aromatic amines is 1. The van der Waals surface area contributed by atoms with E-state index in [0.717, 1.165) is 0 Å². The molecule has 0 saturated carbocycles. The van der Waals surface area contributed by atoms with E-state index in [-0.39, 0.29) is 0 Å². The Balaban J connectivity index is 2.38. The minimum absolute atomic E-state index is 0.620. The van der Waals surface area contributed by atoms with E-state index < -0.39 is 0 Å². The molecule has 1 N–H and O–H groups in total. The van der Waals surface area contributed by atoms with Crippen molar-refractivity contribution in [2.45, 2.75) is 219 Å². The Morgan fingerprint density at radius 1 is 0.487 bits per heavy atom. The number of nitrogens with zero attached hydrogens (tertiary/aromatic N) is 1. The van der Waals surface area contributed by atoms with E-state index in [0.29, 0.717) is 12.0 Å². The van der Waals surface area contributed by atoms with Crippen molar-refractivity contribution in [3.05, 3.63) is 18.2 Å². The molecule has 0 aliphatic heterocycles. The average Bonchev–Trinajstić information content (AvgIpc) is 3.43. The van der Waals surface area contributed by atoms with Gasteiger partial charge in [-0.15, -0.1) is 0 Å². The second-order valence-electron chi connectivity index (χ2n) is 12.9. The minimum atomic E-state index is 0.620. The number of imidazole rings is 1. The van der Waals surface area contributed by atoms with Crippen LogP contribution in [-0.4, -0.2) is 4.98 Å². The van der Waals surface area contributed by atoms with Crippen LogP contribution in [0, 0.1) is 0 Å². The fourth-order valence-electron chi connectivity index (χ4n) is 6.43. The van der Waals surface area contributed by atoms with Gasteiger partial charge in [0.2, 0.25) is 0 Å². The summed E-state index contributed by atoms with van der Waals surface area (Å²) in [6.07, 6.45) is 44.3. The van der Waals surface area contributed by atoms with Gasteiger partial charge < -0.3 is 0 Å². The third-order valence-electron chi connectivity index (χ3n) is 9.14. The number of nitrogens with one attached hydrogen (secondary N) is 1. The topological polar surface area (TPSA) is 19.7 Å². The maximum absolute atomic E-state index is 3.72. The van der Waals surface area contributed by atoms with Crippen LogP contribution in [0.25, 0.3) is 0 Å². The van der Waals surface area contributed by atoms with Crippen molar-refractivity contribution in [2.75, 3.05) is 0 Å². The van der Waals surface area contributed by atoms with Crippen LogP contribution in [0.5, 0.6) is 0 Å². The van der Waals surface area contributed by atoms with Crippen LogP contribution in [0.2, 0.25) is 0 Å². The molecule has 230 valence electrons. The Morgan fingerprint density at radius 3 is 1.23 bits per heavy atom. The molecule has 1 atom stereocenters. The van der Waals surface area contributed by atoms with Crippen LogP contribution < -0.4 is 4.57 Å². The van der Waals surface area contributed by atoms with Gasteiger partial charge in [-0.2, -0.15) is 0 Å². The first kappa shape index (κ1) is 36.2. The van der Waals surface area contributed by atoms with Crippen molar-refractivity contribution in [2.24, 2.45) is 0 Å². The highest BCUT2D eigenvalue weighted by Crippen LogP contribution is 2.27. The molecule has 0 amide bonds. The fourth-order valence-corrected chi connectivity index (χ4v) is 6.43. The molecule has 0 bridgehead atoms. The van der Waals surface area contributed by atoms with Gasteiger partial charge in [0.25, 0.3) is 5.82 Å². The maximum Gasteiger partial charge on any atom is 0.257 e. The van der Waals surface area contributed by atoms with Gasteiger partial charge in [0, 0.05) is 0 Å². The molecule has 1 aromatic rings. The van der Waals surface area contributed by atoms with Crippen LogP contribution in [-0.2, 0) is 0 Å². The fraction of sp³-hybridized carbons (Fsp3) is 0.919. The molecule has 0 aromatic carbocycles. The zero-order valence-electron chi connectivity index (χ0n) is 27.6. The van der Waals surface area contributed by atoms with E-state index in [4.69, 9.17) is 0 Å². The summed E-state index contributed by atoms with van der Waals surface area (Å²) in [7, 11) is 0. The third kappa shape index (κ3) is 19.8. The highest BCUT2D eigenvalue weighted by Gasteiger charge is 2.25. The third-order valence-corrected chi connectivity index (χ3v) is 9.14. The van der Waals surface area contributed by atoms with Crippen LogP contribution in [0.15, 0.2) is 12.4 Å². The number of hydrogen-bond acceptors (Lipinski definition) is 0. The number of aromatic nitrogens is 2. The lowest BCUT2D eigenvalue weighted by molar-refractivity contribution is -0.727. The minimum Gasteiger partial charge on any atom is -0.247 e.